The zero-order valence-corrected chi connectivity index (χ0v) is 20.0. The van der Waals surface area contributed by atoms with E-state index in [1.807, 2.05) is 85.8 Å². The van der Waals surface area contributed by atoms with Crippen molar-refractivity contribution in [1.29, 1.82) is 0 Å². The minimum absolute atomic E-state index is 0.199. The molecule has 0 radical (unpaired) electrons. The van der Waals surface area contributed by atoms with Gasteiger partial charge in [0.15, 0.2) is 5.76 Å². The molecule has 8 heteroatoms. The van der Waals surface area contributed by atoms with E-state index in [1.165, 1.54) is 15.9 Å². The Bertz CT molecular complexity index is 1930. The number of carbonyl (C=O) groups excluding carboxylic acids is 1. The maximum absolute atomic E-state index is 13.6. The molecular formula is C28H18N4O3S. The zero-order valence-electron chi connectivity index (χ0n) is 19.1. The van der Waals surface area contributed by atoms with Gasteiger partial charge in [-0.15, -0.1) is 5.10 Å². The van der Waals surface area contributed by atoms with Crippen LogP contribution in [0.5, 0.6) is 0 Å². The molecule has 1 amide bonds. The quantitative estimate of drug-likeness (QED) is 0.369. The molecule has 0 bridgehead atoms. The Labute approximate surface area is 208 Å². The molecule has 1 aliphatic heterocycles. The highest BCUT2D eigenvalue weighted by Gasteiger charge is 2.34. The Morgan fingerprint density at radius 3 is 2.47 bits per heavy atom. The lowest BCUT2D eigenvalue weighted by atomic mass is 10.1. The van der Waals surface area contributed by atoms with Gasteiger partial charge in [-0.1, -0.05) is 78.1 Å². The smallest absolute Gasteiger partial charge is 0.291 e. The van der Waals surface area contributed by atoms with E-state index in [0.29, 0.717) is 33.2 Å². The number of amides is 1. The van der Waals surface area contributed by atoms with Crippen molar-refractivity contribution in [3.05, 3.63) is 110 Å². The molecule has 4 heterocycles. The molecular weight excluding hydrogens is 472 g/mol. The van der Waals surface area contributed by atoms with E-state index in [0.717, 1.165) is 33.3 Å². The maximum atomic E-state index is 13.6. The summed E-state index contributed by atoms with van der Waals surface area (Å²) >= 11 is 1.18. The summed E-state index contributed by atoms with van der Waals surface area (Å²) in [5.74, 6) is 0.694. The molecule has 0 aliphatic carbocycles. The molecule has 7 rings (SSSR count). The second-order valence-electron chi connectivity index (χ2n) is 8.69. The van der Waals surface area contributed by atoms with E-state index < -0.39 is 0 Å². The molecule has 0 saturated heterocycles. The van der Waals surface area contributed by atoms with Crippen LogP contribution in [0.1, 0.15) is 16.7 Å². The molecule has 6 aromatic rings. The van der Waals surface area contributed by atoms with Gasteiger partial charge in [-0.05, 0) is 24.6 Å². The van der Waals surface area contributed by atoms with Crippen LogP contribution in [0, 0.1) is 6.92 Å². The second-order valence-corrected chi connectivity index (χ2v) is 9.67. The van der Waals surface area contributed by atoms with E-state index >= 15 is 0 Å². The van der Waals surface area contributed by atoms with Gasteiger partial charge in [-0.3, -0.25) is 9.59 Å². The van der Waals surface area contributed by atoms with Crippen molar-refractivity contribution in [2.45, 2.75) is 13.5 Å². The summed E-state index contributed by atoms with van der Waals surface area (Å²) in [6.07, 6.45) is 0. The Morgan fingerprint density at radius 1 is 0.917 bits per heavy atom. The minimum atomic E-state index is -0.359. The van der Waals surface area contributed by atoms with E-state index in [-0.39, 0.29) is 11.5 Å². The predicted molar refractivity (Wildman–Crippen MR) is 139 cm³/mol. The number of thiazole rings is 1. The lowest BCUT2D eigenvalue weighted by Crippen LogP contribution is -2.32. The number of anilines is 1. The molecule has 7 nitrogen and oxygen atoms in total. The number of hydrogen-bond donors (Lipinski definition) is 0. The molecule has 0 N–H and O–H groups in total. The van der Waals surface area contributed by atoms with Gasteiger partial charge in [0.2, 0.25) is 10.8 Å². The lowest BCUT2D eigenvalue weighted by Gasteiger charge is -2.17. The fraction of sp³-hybridized carbons (Fsp3) is 0.0714. The van der Waals surface area contributed by atoms with Crippen molar-refractivity contribution in [2.24, 2.45) is 0 Å². The van der Waals surface area contributed by atoms with Crippen LogP contribution in [0.4, 0.5) is 5.69 Å². The van der Waals surface area contributed by atoms with Gasteiger partial charge in [0.1, 0.15) is 10.1 Å². The first-order valence-corrected chi connectivity index (χ1v) is 12.3. The number of fused-ring (bicyclic) bond motifs is 3. The second kappa shape index (κ2) is 7.73. The summed E-state index contributed by atoms with van der Waals surface area (Å²) in [5.41, 5.74) is 4.24. The van der Waals surface area contributed by atoms with Gasteiger partial charge in [0.25, 0.3) is 11.5 Å². The van der Waals surface area contributed by atoms with Gasteiger partial charge >= 0.3 is 0 Å². The topological polar surface area (TPSA) is 80.7 Å². The van der Waals surface area contributed by atoms with Gasteiger partial charge in [0, 0.05) is 16.5 Å². The summed E-state index contributed by atoms with van der Waals surface area (Å²) in [4.78, 5) is 33.9. The number of para-hydroxylation sites is 2. The zero-order chi connectivity index (χ0) is 24.4. The highest BCUT2D eigenvalue weighted by molar-refractivity contribution is 7.15. The van der Waals surface area contributed by atoms with E-state index in [2.05, 4.69) is 10.1 Å². The highest BCUT2D eigenvalue weighted by atomic mass is 32.1. The third-order valence-electron chi connectivity index (χ3n) is 6.54. The summed E-state index contributed by atoms with van der Waals surface area (Å²) in [6, 6.07) is 25.1. The number of aromatic nitrogens is 3. The first kappa shape index (κ1) is 20.8. The van der Waals surface area contributed by atoms with E-state index in [4.69, 9.17) is 4.42 Å². The summed E-state index contributed by atoms with van der Waals surface area (Å²) in [6.45, 7) is 2.37. The number of hydrogen-bond acceptors (Lipinski definition) is 6. The molecule has 0 atom stereocenters. The largest absolute Gasteiger partial charge is 0.452 e. The molecule has 36 heavy (non-hydrogen) atoms. The molecule has 0 fully saturated rings. The first-order valence-electron chi connectivity index (χ1n) is 11.5. The van der Waals surface area contributed by atoms with Crippen molar-refractivity contribution in [1.82, 2.24) is 14.6 Å². The minimum Gasteiger partial charge on any atom is -0.452 e. The van der Waals surface area contributed by atoms with Crippen molar-refractivity contribution in [2.75, 3.05) is 4.90 Å². The van der Waals surface area contributed by atoms with Crippen molar-refractivity contribution in [3.8, 4) is 11.6 Å². The third kappa shape index (κ3) is 2.98. The van der Waals surface area contributed by atoms with Crippen LogP contribution in [0.25, 0.3) is 33.1 Å². The summed E-state index contributed by atoms with van der Waals surface area (Å²) < 4.78 is 7.59. The fourth-order valence-corrected chi connectivity index (χ4v) is 5.79. The van der Waals surface area contributed by atoms with Gasteiger partial charge in [0.05, 0.1) is 17.8 Å². The van der Waals surface area contributed by atoms with Gasteiger partial charge < -0.3 is 9.32 Å². The van der Waals surface area contributed by atoms with Crippen LogP contribution in [-0.4, -0.2) is 20.5 Å². The predicted octanol–water partition coefficient (Wildman–Crippen LogP) is 4.34. The van der Waals surface area contributed by atoms with Crippen LogP contribution >= 0.6 is 11.3 Å². The number of benzene rings is 3. The van der Waals surface area contributed by atoms with Crippen molar-refractivity contribution >= 4 is 44.4 Å². The summed E-state index contributed by atoms with van der Waals surface area (Å²) in [5, 5.41) is 5.45. The third-order valence-corrected chi connectivity index (χ3v) is 7.57. The van der Waals surface area contributed by atoms with Gasteiger partial charge in [-0.2, -0.15) is 9.50 Å². The van der Waals surface area contributed by atoms with E-state index in [9.17, 15) is 9.59 Å². The Kier molecular flexibility index (Phi) is 4.46. The average molecular weight is 491 g/mol. The molecule has 0 saturated carbocycles. The number of rotatable bonds is 3. The van der Waals surface area contributed by atoms with Crippen molar-refractivity contribution in [3.63, 3.8) is 0 Å². The Morgan fingerprint density at radius 2 is 1.67 bits per heavy atom. The molecule has 3 aromatic heterocycles. The Balaban J connectivity index is 1.38. The van der Waals surface area contributed by atoms with Crippen LogP contribution < -0.4 is 15.0 Å². The number of carbonyl (C=O) groups is 1. The van der Waals surface area contributed by atoms with Crippen LogP contribution in [-0.2, 0) is 11.3 Å². The normalized spacial score (nSPS) is 14.8. The van der Waals surface area contributed by atoms with Crippen LogP contribution in [0.15, 0.2) is 88.1 Å². The SMILES string of the molecule is Cc1c(-c2nc3sc(=C4C(=O)N(Cc5ccccc5)c5ccccc54)c(=O)n3n2)oc2ccccc12. The van der Waals surface area contributed by atoms with Crippen LogP contribution in [0.3, 0.4) is 0 Å². The first-order chi connectivity index (χ1) is 17.6. The fourth-order valence-electron chi connectivity index (χ4n) is 4.79. The lowest BCUT2D eigenvalue weighted by molar-refractivity contribution is -0.113. The number of aryl methyl sites for hydroxylation is 1. The van der Waals surface area contributed by atoms with Crippen molar-refractivity contribution < 1.29 is 9.21 Å². The molecule has 174 valence electrons. The monoisotopic (exact) mass is 490 g/mol. The number of nitrogens with zero attached hydrogens (tertiary/aromatic N) is 4. The van der Waals surface area contributed by atoms with E-state index in [1.54, 1.807) is 4.90 Å². The molecule has 3 aromatic carbocycles. The van der Waals surface area contributed by atoms with Gasteiger partial charge in [-0.25, -0.2) is 0 Å². The molecule has 0 unspecified atom stereocenters. The maximum Gasteiger partial charge on any atom is 0.291 e. The molecule has 0 spiro atoms. The number of furan rings is 1. The van der Waals surface area contributed by atoms with Crippen LogP contribution in [0.2, 0.25) is 0 Å². The standard InChI is InChI=1S/C28H18N4O3S/c1-16-18-11-6-8-14-21(18)35-23(16)25-29-28-32(30-25)27(34)24(36-28)22-19-12-5-7-13-20(19)31(26(22)33)15-17-9-3-2-4-10-17/h2-14H,15H2,1H3. The summed E-state index contributed by atoms with van der Waals surface area (Å²) in [7, 11) is 0. The Hall–Kier alpha value is -4.56. The molecule has 1 aliphatic rings. The highest BCUT2D eigenvalue weighted by Crippen LogP contribution is 2.36. The average Bonchev–Trinajstić information content (AvgIpc) is 3.62.